The van der Waals surface area contributed by atoms with Crippen LogP contribution in [-0.2, 0) is 11.3 Å². The maximum Gasteiger partial charge on any atom is 0.223 e. The highest BCUT2D eigenvalue weighted by Gasteiger charge is 2.22. The molecule has 29 heavy (non-hydrogen) atoms. The number of aromatic nitrogens is 5. The quantitative estimate of drug-likeness (QED) is 0.626. The van der Waals surface area contributed by atoms with Crippen molar-refractivity contribution in [2.75, 3.05) is 18.6 Å². The van der Waals surface area contributed by atoms with Gasteiger partial charge in [0.15, 0.2) is 5.65 Å². The van der Waals surface area contributed by atoms with Crippen LogP contribution in [0, 0.1) is 13.8 Å². The van der Waals surface area contributed by atoms with Crippen LogP contribution in [0.25, 0.3) is 17.1 Å². The first-order chi connectivity index (χ1) is 13.9. The van der Waals surface area contributed by atoms with E-state index in [0.29, 0.717) is 23.6 Å². The summed E-state index contributed by atoms with van der Waals surface area (Å²) in [6.07, 6.45) is 3.65. The molecule has 0 aliphatic carbocycles. The van der Waals surface area contributed by atoms with Gasteiger partial charge < -0.3 is 15.8 Å². The number of hydrogen-bond donors (Lipinski definition) is 2. The number of hydrogen-bond acceptors (Lipinski definition) is 8. The Labute approximate surface area is 171 Å². The molecule has 150 valence electrons. The summed E-state index contributed by atoms with van der Waals surface area (Å²) >= 11 is 1.49. The van der Waals surface area contributed by atoms with Crippen LogP contribution < -0.4 is 15.8 Å². The highest BCUT2D eigenvalue weighted by molar-refractivity contribution is 7.99. The van der Waals surface area contributed by atoms with Crippen LogP contribution >= 0.6 is 11.8 Å². The van der Waals surface area contributed by atoms with Gasteiger partial charge in [0.2, 0.25) is 11.9 Å². The van der Waals surface area contributed by atoms with Crippen molar-refractivity contribution in [2.24, 2.45) is 0 Å². The van der Waals surface area contributed by atoms with Crippen LogP contribution in [0.2, 0.25) is 0 Å². The summed E-state index contributed by atoms with van der Waals surface area (Å²) in [5.41, 5.74) is 10.8. The molecule has 3 aromatic heterocycles. The third kappa shape index (κ3) is 3.51. The average Bonchev–Trinajstić information content (AvgIpc) is 2.89. The molecule has 0 saturated carbocycles. The number of carbonyl (C=O) groups is 1. The van der Waals surface area contributed by atoms with Crippen molar-refractivity contribution in [1.29, 1.82) is 0 Å². The van der Waals surface area contributed by atoms with E-state index in [2.05, 4.69) is 20.3 Å². The predicted molar refractivity (Wildman–Crippen MR) is 112 cm³/mol. The SMILES string of the molecule is COc1c(C)cnc(Cn2nc3c4c(nc(N)nc42)SCC(NC(C)=O)=C3)c1C. The Hall–Kier alpha value is -3.14. The molecule has 10 heteroatoms. The van der Waals surface area contributed by atoms with Gasteiger partial charge in [0.05, 0.1) is 30.4 Å². The van der Waals surface area contributed by atoms with Crippen molar-refractivity contribution in [3.8, 4) is 5.75 Å². The summed E-state index contributed by atoms with van der Waals surface area (Å²) in [6.45, 7) is 5.82. The number of pyridine rings is 1. The van der Waals surface area contributed by atoms with Crippen molar-refractivity contribution >= 4 is 40.7 Å². The van der Waals surface area contributed by atoms with E-state index in [1.807, 2.05) is 19.9 Å². The molecule has 0 atom stereocenters. The number of ether oxygens (including phenoxy) is 1. The summed E-state index contributed by atoms with van der Waals surface area (Å²) in [5.74, 6) is 1.43. The zero-order chi connectivity index (χ0) is 20.7. The number of thioether (sulfide) groups is 1. The van der Waals surface area contributed by atoms with Crippen LogP contribution in [0.3, 0.4) is 0 Å². The van der Waals surface area contributed by atoms with Crippen molar-refractivity contribution in [3.63, 3.8) is 0 Å². The number of carbonyl (C=O) groups excluding carboxylic acids is 1. The zero-order valence-electron chi connectivity index (χ0n) is 16.6. The van der Waals surface area contributed by atoms with Gasteiger partial charge in [-0.2, -0.15) is 10.1 Å². The summed E-state index contributed by atoms with van der Waals surface area (Å²) in [6, 6.07) is 0. The maximum atomic E-state index is 11.5. The fraction of sp³-hybridized carbons (Fsp3) is 0.316. The molecule has 4 heterocycles. The smallest absolute Gasteiger partial charge is 0.223 e. The van der Waals surface area contributed by atoms with Gasteiger partial charge in [-0.3, -0.25) is 9.78 Å². The van der Waals surface area contributed by atoms with E-state index in [1.165, 1.54) is 18.7 Å². The fourth-order valence-corrected chi connectivity index (χ4v) is 4.37. The third-order valence-electron chi connectivity index (χ3n) is 4.66. The van der Waals surface area contributed by atoms with E-state index in [0.717, 1.165) is 38.7 Å². The lowest BCUT2D eigenvalue weighted by Gasteiger charge is -2.12. The molecule has 3 aromatic rings. The number of nitrogens with zero attached hydrogens (tertiary/aromatic N) is 5. The van der Waals surface area contributed by atoms with E-state index in [9.17, 15) is 4.79 Å². The minimum absolute atomic E-state index is 0.129. The number of nitrogen functional groups attached to an aromatic ring is 1. The van der Waals surface area contributed by atoms with Crippen LogP contribution in [-0.4, -0.2) is 43.5 Å². The molecule has 0 aromatic carbocycles. The van der Waals surface area contributed by atoms with Gasteiger partial charge in [0, 0.05) is 35.7 Å². The van der Waals surface area contributed by atoms with Gasteiger partial charge in [-0.25, -0.2) is 9.67 Å². The third-order valence-corrected chi connectivity index (χ3v) is 5.69. The van der Waals surface area contributed by atoms with E-state index in [1.54, 1.807) is 18.0 Å². The largest absolute Gasteiger partial charge is 0.496 e. The fourth-order valence-electron chi connectivity index (χ4n) is 3.42. The Balaban J connectivity index is 1.85. The zero-order valence-corrected chi connectivity index (χ0v) is 17.4. The Morgan fingerprint density at radius 2 is 2.17 bits per heavy atom. The molecular weight excluding hydrogens is 390 g/mol. The number of methoxy groups -OCH3 is 1. The second kappa shape index (κ2) is 7.36. The highest BCUT2D eigenvalue weighted by Crippen LogP contribution is 2.34. The summed E-state index contributed by atoms with van der Waals surface area (Å²) in [7, 11) is 1.65. The van der Waals surface area contributed by atoms with Crippen LogP contribution in [0.1, 0.15) is 29.4 Å². The van der Waals surface area contributed by atoms with E-state index >= 15 is 0 Å². The second-order valence-corrected chi connectivity index (χ2v) is 7.78. The minimum Gasteiger partial charge on any atom is -0.496 e. The predicted octanol–water partition coefficient (Wildman–Crippen LogP) is 2.06. The minimum atomic E-state index is -0.129. The Morgan fingerprint density at radius 1 is 1.38 bits per heavy atom. The molecule has 1 aliphatic heterocycles. The number of rotatable bonds is 4. The van der Waals surface area contributed by atoms with E-state index in [4.69, 9.17) is 15.6 Å². The molecule has 0 fully saturated rings. The van der Waals surface area contributed by atoms with Gasteiger partial charge in [-0.1, -0.05) is 11.8 Å². The normalized spacial score (nSPS) is 13.2. The maximum absolute atomic E-state index is 11.5. The first-order valence-electron chi connectivity index (χ1n) is 9.01. The van der Waals surface area contributed by atoms with Gasteiger partial charge in [-0.05, 0) is 19.9 Å². The Bertz CT molecular complexity index is 1170. The number of nitrogens with one attached hydrogen (secondary N) is 1. The van der Waals surface area contributed by atoms with Crippen LogP contribution in [0.15, 0.2) is 16.9 Å². The molecule has 3 N–H and O–H groups in total. The molecule has 0 spiro atoms. The van der Waals surface area contributed by atoms with Gasteiger partial charge in [0.1, 0.15) is 10.8 Å². The molecule has 9 nitrogen and oxygen atoms in total. The van der Waals surface area contributed by atoms with Gasteiger partial charge in [0.25, 0.3) is 0 Å². The standard InChI is InChI=1S/C19H21N7O2S/c1-9-6-21-14(10(2)16(9)28-4)7-26-17-15-13(25-26)5-12(22-11(3)27)8-29-18(15)24-19(20)23-17/h5-6H,7-8H2,1-4H3,(H,22,27)(H2,20,23,24). The lowest BCUT2D eigenvalue weighted by Crippen LogP contribution is -2.20. The molecule has 0 radical (unpaired) electrons. The van der Waals surface area contributed by atoms with Crippen molar-refractivity contribution in [3.05, 3.63) is 34.4 Å². The average molecular weight is 411 g/mol. The van der Waals surface area contributed by atoms with Crippen molar-refractivity contribution < 1.29 is 9.53 Å². The summed E-state index contributed by atoms with van der Waals surface area (Å²) in [4.78, 5) is 24.9. The van der Waals surface area contributed by atoms with Crippen molar-refractivity contribution in [2.45, 2.75) is 32.3 Å². The van der Waals surface area contributed by atoms with Gasteiger partial charge >= 0.3 is 0 Å². The lowest BCUT2D eigenvalue weighted by atomic mass is 10.1. The summed E-state index contributed by atoms with van der Waals surface area (Å²) < 4.78 is 7.28. The molecule has 0 saturated heterocycles. The first kappa shape index (κ1) is 19.2. The van der Waals surface area contributed by atoms with Crippen LogP contribution in [0.5, 0.6) is 5.75 Å². The molecule has 4 rings (SSSR count). The molecule has 1 aliphatic rings. The lowest BCUT2D eigenvalue weighted by molar-refractivity contribution is -0.118. The molecular formula is C19H21N7O2S. The number of amides is 1. The Morgan fingerprint density at radius 3 is 2.90 bits per heavy atom. The number of anilines is 1. The monoisotopic (exact) mass is 411 g/mol. The highest BCUT2D eigenvalue weighted by atomic mass is 32.2. The first-order valence-corrected chi connectivity index (χ1v) is 10.00. The van der Waals surface area contributed by atoms with Gasteiger partial charge in [-0.15, -0.1) is 0 Å². The van der Waals surface area contributed by atoms with E-state index < -0.39 is 0 Å². The molecule has 1 amide bonds. The summed E-state index contributed by atoms with van der Waals surface area (Å²) in [5, 5.41) is 9.14. The van der Waals surface area contributed by atoms with Crippen molar-refractivity contribution in [1.82, 2.24) is 30.0 Å². The second-order valence-electron chi connectivity index (χ2n) is 6.81. The van der Waals surface area contributed by atoms with Crippen LogP contribution in [0.4, 0.5) is 5.95 Å². The Kier molecular flexibility index (Phi) is 4.87. The topological polar surface area (TPSA) is 121 Å². The number of aryl methyl sites for hydroxylation is 1. The molecule has 0 unspecified atom stereocenters. The van der Waals surface area contributed by atoms with E-state index in [-0.39, 0.29) is 11.9 Å². The molecule has 0 bridgehead atoms. The number of nitrogens with two attached hydrogens (primary N) is 1.